The second-order valence-electron chi connectivity index (χ2n) is 5.62. The molecule has 0 aliphatic carbocycles. The van der Waals surface area contributed by atoms with Crippen molar-refractivity contribution >= 4 is 11.7 Å². The van der Waals surface area contributed by atoms with Crippen molar-refractivity contribution in [2.24, 2.45) is 0 Å². The Bertz CT molecular complexity index is 850. The molecule has 2 aromatic carbocycles. The highest BCUT2D eigenvalue weighted by Gasteiger charge is 2.25. The van der Waals surface area contributed by atoms with Gasteiger partial charge in [-0.1, -0.05) is 24.0 Å². The zero-order valence-electron chi connectivity index (χ0n) is 14.1. The molecule has 0 saturated heterocycles. The summed E-state index contributed by atoms with van der Waals surface area (Å²) in [5.41, 5.74) is 1.12. The third kappa shape index (κ3) is 4.99. The van der Waals surface area contributed by atoms with Gasteiger partial charge < -0.3 is 15.5 Å². The van der Waals surface area contributed by atoms with Crippen LogP contribution in [-0.4, -0.2) is 40.7 Å². The van der Waals surface area contributed by atoms with Crippen LogP contribution in [0.4, 0.5) is 4.39 Å². The van der Waals surface area contributed by atoms with Gasteiger partial charge >= 0.3 is 0 Å². The molecule has 0 aliphatic heterocycles. The van der Waals surface area contributed by atoms with Crippen molar-refractivity contribution in [3.63, 3.8) is 0 Å². The number of halogens is 1. The summed E-state index contributed by atoms with van der Waals surface area (Å²) in [6.07, 6.45) is -1.13. The number of aliphatic hydroxyl groups excluding tert-OH is 2. The first-order chi connectivity index (χ1) is 12.4. The molecule has 134 valence electrons. The smallest absolute Gasteiger partial charge is 0.251 e. The predicted octanol–water partition coefficient (Wildman–Crippen LogP) is 1.27. The van der Waals surface area contributed by atoms with Crippen molar-refractivity contribution in [1.82, 2.24) is 5.32 Å². The van der Waals surface area contributed by atoms with Crippen LogP contribution in [0.1, 0.15) is 28.4 Å². The summed E-state index contributed by atoms with van der Waals surface area (Å²) in [5.74, 6) is 3.87. The van der Waals surface area contributed by atoms with Gasteiger partial charge in [0, 0.05) is 11.1 Å². The summed E-state index contributed by atoms with van der Waals surface area (Å²) in [6.45, 7) is 0.570. The average Bonchev–Trinajstić information content (AvgIpc) is 2.64. The third-order valence-corrected chi connectivity index (χ3v) is 3.63. The molecule has 0 aliphatic rings. The van der Waals surface area contributed by atoms with Crippen molar-refractivity contribution in [2.75, 3.05) is 6.61 Å². The molecular formula is C20H18FNO4. The molecule has 2 rings (SSSR count). The Morgan fingerprint density at radius 3 is 2.35 bits per heavy atom. The van der Waals surface area contributed by atoms with Crippen LogP contribution in [0.2, 0.25) is 0 Å². The summed E-state index contributed by atoms with van der Waals surface area (Å²) in [4.78, 5) is 23.7. The largest absolute Gasteiger partial charge is 0.391 e. The Kier molecular flexibility index (Phi) is 6.61. The monoisotopic (exact) mass is 355 g/mol. The molecule has 26 heavy (non-hydrogen) atoms. The third-order valence-electron chi connectivity index (χ3n) is 3.63. The van der Waals surface area contributed by atoms with E-state index in [1.54, 1.807) is 30.3 Å². The van der Waals surface area contributed by atoms with Gasteiger partial charge in [0.05, 0.1) is 11.7 Å². The molecule has 1 amide bonds. The predicted molar refractivity (Wildman–Crippen MR) is 93.8 cm³/mol. The molecule has 5 nitrogen and oxygen atoms in total. The van der Waals surface area contributed by atoms with Crippen LogP contribution in [0.25, 0.3) is 0 Å². The molecule has 0 unspecified atom stereocenters. The fraction of sp³-hybridized carbons (Fsp3) is 0.200. The van der Waals surface area contributed by atoms with Crippen LogP contribution in [0.5, 0.6) is 0 Å². The van der Waals surface area contributed by atoms with E-state index in [4.69, 9.17) is 5.11 Å². The van der Waals surface area contributed by atoms with E-state index in [1.165, 1.54) is 25.1 Å². The molecule has 3 N–H and O–H groups in total. The molecule has 0 saturated carbocycles. The van der Waals surface area contributed by atoms with Gasteiger partial charge in [0.2, 0.25) is 0 Å². The molecule has 6 heteroatoms. The van der Waals surface area contributed by atoms with Gasteiger partial charge in [0.15, 0.2) is 5.78 Å². The number of ketones is 1. The Balaban J connectivity index is 2.11. The van der Waals surface area contributed by atoms with Gasteiger partial charge in [0.1, 0.15) is 18.5 Å². The van der Waals surface area contributed by atoms with Crippen molar-refractivity contribution in [3.05, 3.63) is 71.0 Å². The molecule has 2 atom stereocenters. The number of rotatable bonds is 5. The number of carbonyl (C=O) groups is 2. The molecule has 2 aromatic rings. The first-order valence-electron chi connectivity index (χ1n) is 7.91. The van der Waals surface area contributed by atoms with E-state index in [9.17, 15) is 19.1 Å². The number of amides is 1. The Morgan fingerprint density at radius 1 is 1.12 bits per heavy atom. The van der Waals surface area contributed by atoms with Crippen LogP contribution in [0.3, 0.4) is 0 Å². The van der Waals surface area contributed by atoms with Crippen LogP contribution in [0.15, 0.2) is 48.5 Å². The minimum Gasteiger partial charge on any atom is -0.391 e. The molecule has 0 fully saturated rings. The first kappa shape index (κ1) is 19.3. The van der Waals surface area contributed by atoms with E-state index in [1.807, 2.05) is 0 Å². The number of Topliss-reactive ketones (excluding diaryl/α,β-unsaturated/α-hetero) is 1. The molecule has 0 aromatic heterocycles. The standard InChI is InChI=1S/C20H18FNO4/c1-13(24)19(18(25)12-23)22-20(26)16-10-7-14(8-11-16)6-9-15-4-2-3-5-17(15)21/h2-5,7-8,10-11,13,19,23-24H,12H2,1H3,(H,22,26)/t13-,19+/m1/s1. The first-order valence-corrected chi connectivity index (χ1v) is 7.91. The van der Waals surface area contributed by atoms with Crippen LogP contribution in [-0.2, 0) is 4.79 Å². The van der Waals surface area contributed by atoms with E-state index >= 15 is 0 Å². The highest BCUT2D eigenvalue weighted by Crippen LogP contribution is 2.07. The highest BCUT2D eigenvalue weighted by atomic mass is 19.1. The second-order valence-corrected chi connectivity index (χ2v) is 5.62. The normalized spacial score (nSPS) is 12.5. The maximum Gasteiger partial charge on any atom is 0.251 e. The number of aliphatic hydroxyl groups is 2. The number of carbonyl (C=O) groups excluding carboxylic acids is 2. The summed E-state index contributed by atoms with van der Waals surface area (Å²) < 4.78 is 13.5. The fourth-order valence-electron chi connectivity index (χ4n) is 2.20. The van der Waals surface area contributed by atoms with E-state index in [-0.39, 0.29) is 11.1 Å². The maximum absolute atomic E-state index is 13.5. The molecule has 0 spiro atoms. The van der Waals surface area contributed by atoms with Crippen LogP contribution in [0, 0.1) is 17.7 Å². The summed E-state index contributed by atoms with van der Waals surface area (Å²) in [6, 6.07) is 11.2. The number of benzene rings is 2. The molecule has 0 radical (unpaired) electrons. The average molecular weight is 355 g/mol. The van der Waals surface area contributed by atoms with E-state index in [0.29, 0.717) is 5.56 Å². The molecule has 0 bridgehead atoms. The Labute approximate surface area is 150 Å². The molecule has 0 heterocycles. The Morgan fingerprint density at radius 2 is 1.77 bits per heavy atom. The lowest BCUT2D eigenvalue weighted by atomic mass is 10.1. The fourth-order valence-corrected chi connectivity index (χ4v) is 2.20. The van der Waals surface area contributed by atoms with Gasteiger partial charge in [-0.2, -0.15) is 0 Å². The van der Waals surface area contributed by atoms with Crippen molar-refractivity contribution in [1.29, 1.82) is 0 Å². The number of hydrogen-bond donors (Lipinski definition) is 3. The van der Waals surface area contributed by atoms with E-state index in [0.717, 1.165) is 0 Å². The van der Waals surface area contributed by atoms with Gasteiger partial charge in [-0.25, -0.2) is 4.39 Å². The van der Waals surface area contributed by atoms with Crippen molar-refractivity contribution in [2.45, 2.75) is 19.1 Å². The van der Waals surface area contributed by atoms with E-state index in [2.05, 4.69) is 17.2 Å². The van der Waals surface area contributed by atoms with Crippen molar-refractivity contribution < 1.29 is 24.2 Å². The minimum atomic E-state index is -1.19. The van der Waals surface area contributed by atoms with Gasteiger partial charge in [-0.05, 0) is 43.3 Å². The zero-order chi connectivity index (χ0) is 19.1. The summed E-state index contributed by atoms with van der Waals surface area (Å²) >= 11 is 0. The van der Waals surface area contributed by atoms with Gasteiger partial charge in [-0.3, -0.25) is 9.59 Å². The van der Waals surface area contributed by atoms with Crippen LogP contribution >= 0.6 is 0 Å². The maximum atomic E-state index is 13.5. The minimum absolute atomic E-state index is 0.262. The highest BCUT2D eigenvalue weighted by molar-refractivity contribution is 5.98. The molecular weight excluding hydrogens is 337 g/mol. The SMILES string of the molecule is C[C@@H](O)[C@H](NC(=O)c1ccc(C#Cc2ccccc2F)cc1)C(=O)CO. The summed E-state index contributed by atoms with van der Waals surface area (Å²) in [7, 11) is 0. The lowest BCUT2D eigenvalue weighted by Gasteiger charge is -2.19. The summed E-state index contributed by atoms with van der Waals surface area (Å²) in [5, 5.41) is 20.8. The lowest BCUT2D eigenvalue weighted by Crippen LogP contribution is -2.48. The zero-order valence-corrected chi connectivity index (χ0v) is 14.1. The Hall–Kier alpha value is -3.01. The topological polar surface area (TPSA) is 86.6 Å². The van der Waals surface area contributed by atoms with E-state index < -0.39 is 36.3 Å². The number of hydrogen-bond acceptors (Lipinski definition) is 4. The second kappa shape index (κ2) is 8.90. The quantitative estimate of drug-likeness (QED) is 0.705. The lowest BCUT2D eigenvalue weighted by molar-refractivity contribution is -0.125. The van der Waals surface area contributed by atoms with Crippen LogP contribution < -0.4 is 5.32 Å². The van der Waals surface area contributed by atoms with Gasteiger partial charge in [-0.15, -0.1) is 0 Å². The number of nitrogens with one attached hydrogen (secondary N) is 1. The van der Waals surface area contributed by atoms with Crippen molar-refractivity contribution in [3.8, 4) is 11.8 Å². The van der Waals surface area contributed by atoms with Gasteiger partial charge in [0.25, 0.3) is 5.91 Å².